The maximum absolute atomic E-state index is 14.1. The van der Waals surface area contributed by atoms with E-state index in [0.29, 0.717) is 5.56 Å². The summed E-state index contributed by atoms with van der Waals surface area (Å²) < 4.78 is 14.1. The molecule has 0 spiro atoms. The highest BCUT2D eigenvalue weighted by atomic mass is 35.5. The van der Waals surface area contributed by atoms with E-state index in [2.05, 4.69) is 5.32 Å². The SMILES string of the molecule is Cl.NCC(=O)NC(CC(=O)O)Cc1cc(-c2ccccc2)ccc1F. The highest BCUT2D eigenvalue weighted by Crippen LogP contribution is 2.23. The second kappa shape index (κ2) is 9.76. The molecule has 1 amide bonds. The second-order valence-electron chi connectivity index (χ2n) is 5.44. The van der Waals surface area contributed by atoms with Gasteiger partial charge in [0.1, 0.15) is 5.82 Å². The minimum absolute atomic E-state index is 0. The number of amides is 1. The number of hydrogen-bond donors (Lipinski definition) is 3. The van der Waals surface area contributed by atoms with Gasteiger partial charge < -0.3 is 16.2 Å². The Morgan fingerprint density at radius 3 is 2.40 bits per heavy atom. The van der Waals surface area contributed by atoms with Gasteiger partial charge in [-0.3, -0.25) is 9.59 Å². The van der Waals surface area contributed by atoms with Gasteiger partial charge in [-0.15, -0.1) is 12.4 Å². The van der Waals surface area contributed by atoms with Gasteiger partial charge in [-0.1, -0.05) is 36.4 Å². The van der Waals surface area contributed by atoms with E-state index < -0.39 is 23.7 Å². The van der Waals surface area contributed by atoms with Crippen LogP contribution in [-0.4, -0.2) is 29.6 Å². The highest BCUT2D eigenvalue weighted by Gasteiger charge is 2.18. The molecule has 7 heteroatoms. The molecule has 25 heavy (non-hydrogen) atoms. The van der Waals surface area contributed by atoms with Crippen molar-refractivity contribution in [1.29, 1.82) is 0 Å². The topological polar surface area (TPSA) is 92.4 Å². The first-order valence-corrected chi connectivity index (χ1v) is 7.54. The number of carboxylic acid groups (broad SMARTS) is 1. The average Bonchev–Trinajstić information content (AvgIpc) is 2.57. The number of hydrogen-bond acceptors (Lipinski definition) is 3. The first-order valence-electron chi connectivity index (χ1n) is 7.54. The van der Waals surface area contributed by atoms with Crippen LogP contribution in [0, 0.1) is 5.82 Å². The molecule has 0 aliphatic heterocycles. The fraction of sp³-hybridized carbons (Fsp3) is 0.222. The minimum atomic E-state index is -1.07. The van der Waals surface area contributed by atoms with E-state index in [0.717, 1.165) is 11.1 Å². The molecule has 2 aromatic rings. The van der Waals surface area contributed by atoms with E-state index in [-0.39, 0.29) is 31.8 Å². The van der Waals surface area contributed by atoms with Gasteiger partial charge in [0.25, 0.3) is 0 Å². The summed E-state index contributed by atoms with van der Waals surface area (Å²) >= 11 is 0. The first kappa shape index (κ1) is 20.6. The molecule has 0 aliphatic rings. The fourth-order valence-corrected chi connectivity index (χ4v) is 2.48. The van der Waals surface area contributed by atoms with Crippen LogP contribution < -0.4 is 11.1 Å². The Morgan fingerprint density at radius 2 is 1.80 bits per heavy atom. The van der Waals surface area contributed by atoms with Crippen LogP contribution in [0.5, 0.6) is 0 Å². The van der Waals surface area contributed by atoms with E-state index in [1.165, 1.54) is 6.07 Å². The number of carboxylic acids is 1. The number of carbonyl (C=O) groups excluding carboxylic acids is 1. The van der Waals surface area contributed by atoms with Gasteiger partial charge in [-0.05, 0) is 35.2 Å². The smallest absolute Gasteiger partial charge is 0.305 e. The lowest BCUT2D eigenvalue weighted by atomic mass is 9.97. The fourth-order valence-electron chi connectivity index (χ4n) is 2.48. The number of rotatable bonds is 7. The molecule has 4 N–H and O–H groups in total. The molecule has 2 rings (SSSR count). The average molecular weight is 367 g/mol. The summed E-state index contributed by atoms with van der Waals surface area (Å²) in [6, 6.07) is 13.4. The van der Waals surface area contributed by atoms with Crippen molar-refractivity contribution >= 4 is 24.3 Å². The highest BCUT2D eigenvalue weighted by molar-refractivity contribution is 5.85. The number of benzene rings is 2. The molecular weight excluding hydrogens is 347 g/mol. The molecular formula is C18H20ClFN2O3. The van der Waals surface area contributed by atoms with Gasteiger partial charge in [-0.2, -0.15) is 0 Å². The van der Waals surface area contributed by atoms with Gasteiger partial charge >= 0.3 is 5.97 Å². The number of halogens is 2. The van der Waals surface area contributed by atoms with Crippen LogP contribution in [0.1, 0.15) is 12.0 Å². The van der Waals surface area contributed by atoms with Crippen molar-refractivity contribution in [3.8, 4) is 11.1 Å². The molecule has 0 aliphatic carbocycles. The van der Waals surface area contributed by atoms with Gasteiger partial charge in [0.05, 0.1) is 13.0 Å². The summed E-state index contributed by atoms with van der Waals surface area (Å²) in [5.41, 5.74) is 7.34. The standard InChI is InChI=1S/C18H19FN2O3.ClH/c19-16-7-6-13(12-4-2-1-3-5-12)8-14(16)9-15(10-18(23)24)21-17(22)11-20;/h1-8,15H,9-11,20H2,(H,21,22)(H,23,24);1H. The Morgan fingerprint density at radius 1 is 1.12 bits per heavy atom. The third-order valence-electron chi connectivity index (χ3n) is 3.59. The van der Waals surface area contributed by atoms with Gasteiger partial charge in [0.15, 0.2) is 0 Å². The minimum Gasteiger partial charge on any atom is -0.481 e. The van der Waals surface area contributed by atoms with Crippen LogP contribution in [0.2, 0.25) is 0 Å². The number of aliphatic carboxylic acids is 1. The molecule has 0 saturated carbocycles. The van der Waals surface area contributed by atoms with Gasteiger partial charge in [-0.25, -0.2) is 4.39 Å². The normalized spacial score (nSPS) is 11.3. The Labute approximate surface area is 151 Å². The molecule has 0 radical (unpaired) electrons. The zero-order chi connectivity index (χ0) is 17.5. The van der Waals surface area contributed by atoms with Crippen molar-refractivity contribution in [2.24, 2.45) is 5.73 Å². The monoisotopic (exact) mass is 366 g/mol. The Hall–Kier alpha value is -2.44. The van der Waals surface area contributed by atoms with Crippen LogP contribution in [-0.2, 0) is 16.0 Å². The summed E-state index contributed by atoms with van der Waals surface area (Å²) in [4.78, 5) is 22.4. The molecule has 5 nitrogen and oxygen atoms in total. The lowest BCUT2D eigenvalue weighted by Crippen LogP contribution is -2.41. The third kappa shape index (κ3) is 6.17. The van der Waals surface area contributed by atoms with Crippen LogP contribution in [0.25, 0.3) is 11.1 Å². The predicted octanol–water partition coefficient (Wildman–Crippen LogP) is 2.38. The van der Waals surface area contributed by atoms with E-state index in [9.17, 15) is 14.0 Å². The molecule has 0 heterocycles. The summed E-state index contributed by atoms with van der Waals surface area (Å²) in [6.07, 6.45) is -0.231. The Bertz CT molecular complexity index is 726. The zero-order valence-corrected chi connectivity index (χ0v) is 14.3. The Balaban J connectivity index is 0.00000312. The van der Waals surface area contributed by atoms with Gasteiger partial charge in [0.2, 0.25) is 5.91 Å². The Kier molecular flexibility index (Phi) is 8.04. The molecule has 0 bridgehead atoms. The lowest BCUT2D eigenvalue weighted by molar-refractivity contribution is -0.137. The first-order chi connectivity index (χ1) is 11.5. The summed E-state index contributed by atoms with van der Waals surface area (Å²) in [7, 11) is 0. The van der Waals surface area contributed by atoms with Gasteiger partial charge in [0, 0.05) is 6.04 Å². The number of nitrogens with two attached hydrogens (primary N) is 1. The largest absolute Gasteiger partial charge is 0.481 e. The number of nitrogens with one attached hydrogen (secondary N) is 1. The van der Waals surface area contributed by atoms with Crippen molar-refractivity contribution in [3.05, 3.63) is 59.9 Å². The molecule has 1 unspecified atom stereocenters. The molecule has 2 aromatic carbocycles. The van der Waals surface area contributed by atoms with Crippen LogP contribution in [0.15, 0.2) is 48.5 Å². The molecule has 1 atom stereocenters. The van der Waals surface area contributed by atoms with E-state index in [1.807, 2.05) is 30.3 Å². The van der Waals surface area contributed by atoms with Crippen molar-refractivity contribution in [1.82, 2.24) is 5.32 Å². The maximum Gasteiger partial charge on any atom is 0.305 e. The van der Waals surface area contributed by atoms with E-state index in [1.54, 1.807) is 12.1 Å². The van der Waals surface area contributed by atoms with Crippen molar-refractivity contribution < 1.29 is 19.1 Å². The third-order valence-corrected chi connectivity index (χ3v) is 3.59. The molecule has 0 saturated heterocycles. The maximum atomic E-state index is 14.1. The van der Waals surface area contributed by atoms with Crippen molar-refractivity contribution in [3.63, 3.8) is 0 Å². The number of carbonyl (C=O) groups is 2. The van der Waals surface area contributed by atoms with E-state index in [4.69, 9.17) is 10.8 Å². The lowest BCUT2D eigenvalue weighted by Gasteiger charge is -2.17. The van der Waals surface area contributed by atoms with E-state index >= 15 is 0 Å². The summed E-state index contributed by atoms with van der Waals surface area (Å²) in [5.74, 6) is -1.98. The van der Waals surface area contributed by atoms with Crippen LogP contribution in [0.3, 0.4) is 0 Å². The zero-order valence-electron chi connectivity index (χ0n) is 13.4. The molecule has 134 valence electrons. The predicted molar refractivity (Wildman–Crippen MR) is 96.0 cm³/mol. The van der Waals surface area contributed by atoms with Crippen molar-refractivity contribution in [2.45, 2.75) is 18.9 Å². The van der Waals surface area contributed by atoms with Crippen LogP contribution in [0.4, 0.5) is 4.39 Å². The molecule has 0 aromatic heterocycles. The summed E-state index contributed by atoms with van der Waals surface area (Å²) in [5, 5.41) is 11.5. The van der Waals surface area contributed by atoms with Crippen molar-refractivity contribution in [2.75, 3.05) is 6.54 Å². The van der Waals surface area contributed by atoms with Crippen LogP contribution >= 0.6 is 12.4 Å². The molecule has 0 fully saturated rings. The quantitative estimate of drug-likeness (QED) is 0.701. The second-order valence-corrected chi connectivity index (χ2v) is 5.44. The summed E-state index contributed by atoms with van der Waals surface area (Å²) in [6.45, 7) is -0.247.